The first-order valence-electron chi connectivity index (χ1n) is 6.51. The summed E-state index contributed by atoms with van der Waals surface area (Å²) in [5.74, 6) is -0.361. The maximum Gasteiger partial charge on any atom is 0.271 e. The number of hydrazone groups is 1. The molecule has 0 bridgehead atoms. The zero-order valence-corrected chi connectivity index (χ0v) is 14.2. The number of carbonyl (C=O) groups is 1. The lowest BCUT2D eigenvalue weighted by Crippen LogP contribution is -2.17. The molecule has 0 aliphatic rings. The zero-order chi connectivity index (χ0) is 16.3. The first-order valence-corrected chi connectivity index (χ1v) is 7.59. The lowest BCUT2D eigenvalue weighted by atomic mass is 10.0. The van der Waals surface area contributed by atoms with Crippen molar-refractivity contribution in [2.45, 2.75) is 13.8 Å². The molecule has 0 radical (unpaired) electrons. The Bertz CT molecular complexity index is 740. The van der Waals surface area contributed by atoms with E-state index < -0.39 is 0 Å². The summed E-state index contributed by atoms with van der Waals surface area (Å²) in [6.45, 7) is 3.34. The largest absolute Gasteiger partial charge is 0.508 e. The molecule has 22 heavy (non-hydrogen) atoms. The number of aryl methyl sites for hydroxylation is 1. The van der Waals surface area contributed by atoms with Gasteiger partial charge in [0.1, 0.15) is 11.5 Å². The minimum absolute atomic E-state index is 0.0232. The second-order valence-corrected chi connectivity index (χ2v) is 6.05. The number of aromatic hydroxyl groups is 2. The van der Waals surface area contributed by atoms with Gasteiger partial charge in [-0.1, -0.05) is 0 Å². The predicted molar refractivity (Wildman–Crippen MR) is 93.5 cm³/mol. The molecule has 6 heteroatoms. The average molecular weight is 410 g/mol. The number of halogens is 1. The third-order valence-electron chi connectivity index (χ3n) is 3.24. The topological polar surface area (TPSA) is 81.9 Å². The summed E-state index contributed by atoms with van der Waals surface area (Å²) >= 11 is 2.16. The summed E-state index contributed by atoms with van der Waals surface area (Å²) in [4.78, 5) is 11.9. The normalized spacial score (nSPS) is 10.9. The maximum absolute atomic E-state index is 11.9. The third kappa shape index (κ3) is 3.56. The molecule has 0 unspecified atom stereocenters. The van der Waals surface area contributed by atoms with Gasteiger partial charge in [0.05, 0.1) is 6.21 Å². The fourth-order valence-corrected chi connectivity index (χ4v) is 2.24. The summed E-state index contributed by atoms with van der Waals surface area (Å²) in [5, 5.41) is 23.5. The van der Waals surface area contributed by atoms with Crippen molar-refractivity contribution in [1.82, 2.24) is 5.43 Å². The van der Waals surface area contributed by atoms with Crippen LogP contribution in [0.4, 0.5) is 0 Å². The Morgan fingerprint density at radius 3 is 2.50 bits per heavy atom. The van der Waals surface area contributed by atoms with Crippen LogP contribution in [0.1, 0.15) is 27.0 Å². The molecule has 2 rings (SSSR count). The van der Waals surface area contributed by atoms with Gasteiger partial charge >= 0.3 is 0 Å². The van der Waals surface area contributed by atoms with Gasteiger partial charge in [0.2, 0.25) is 0 Å². The molecule has 0 aliphatic heterocycles. The quantitative estimate of drug-likeness (QED) is 0.413. The number of benzene rings is 2. The SMILES string of the molecule is Cc1cc(O)c(C)c(O)c1/C=N\NC(=O)c1ccc(I)cc1. The summed E-state index contributed by atoms with van der Waals surface area (Å²) in [6, 6.07) is 8.62. The van der Waals surface area contributed by atoms with E-state index in [0.29, 0.717) is 22.3 Å². The Morgan fingerprint density at radius 1 is 1.23 bits per heavy atom. The highest BCUT2D eigenvalue weighted by molar-refractivity contribution is 14.1. The van der Waals surface area contributed by atoms with Crippen molar-refractivity contribution >= 4 is 34.7 Å². The molecule has 0 saturated heterocycles. The number of nitrogens with zero attached hydrogens (tertiary/aromatic N) is 1. The number of nitrogens with one attached hydrogen (secondary N) is 1. The van der Waals surface area contributed by atoms with Crippen molar-refractivity contribution in [1.29, 1.82) is 0 Å². The molecular weight excluding hydrogens is 395 g/mol. The van der Waals surface area contributed by atoms with E-state index in [-0.39, 0.29) is 17.4 Å². The number of amides is 1. The molecule has 0 fully saturated rings. The predicted octanol–water partition coefficient (Wildman–Crippen LogP) is 3.08. The van der Waals surface area contributed by atoms with Crippen LogP contribution in [-0.2, 0) is 0 Å². The van der Waals surface area contributed by atoms with Crippen LogP contribution < -0.4 is 5.43 Å². The number of hydrogen-bond donors (Lipinski definition) is 3. The van der Waals surface area contributed by atoms with Gasteiger partial charge in [-0.05, 0) is 72.3 Å². The van der Waals surface area contributed by atoms with Crippen LogP contribution in [-0.4, -0.2) is 22.3 Å². The van der Waals surface area contributed by atoms with Crippen LogP contribution in [0.2, 0.25) is 0 Å². The van der Waals surface area contributed by atoms with Crippen molar-refractivity contribution in [3.8, 4) is 11.5 Å². The molecule has 114 valence electrons. The minimum Gasteiger partial charge on any atom is -0.508 e. The number of rotatable bonds is 3. The van der Waals surface area contributed by atoms with Gasteiger partial charge in [-0.25, -0.2) is 5.43 Å². The Morgan fingerprint density at radius 2 is 1.86 bits per heavy atom. The van der Waals surface area contributed by atoms with Crippen molar-refractivity contribution in [2.75, 3.05) is 0 Å². The zero-order valence-electron chi connectivity index (χ0n) is 12.1. The van der Waals surface area contributed by atoms with Crippen molar-refractivity contribution in [2.24, 2.45) is 5.10 Å². The maximum atomic E-state index is 11.9. The molecular formula is C16H15IN2O3. The molecule has 0 atom stereocenters. The van der Waals surface area contributed by atoms with Crippen molar-refractivity contribution in [3.63, 3.8) is 0 Å². The van der Waals surface area contributed by atoms with Crippen LogP contribution in [0.15, 0.2) is 35.4 Å². The fraction of sp³-hybridized carbons (Fsp3) is 0.125. The molecule has 0 aliphatic carbocycles. The van der Waals surface area contributed by atoms with Crippen molar-refractivity contribution < 1.29 is 15.0 Å². The monoisotopic (exact) mass is 410 g/mol. The second-order valence-electron chi connectivity index (χ2n) is 4.81. The van der Waals surface area contributed by atoms with Crippen LogP contribution in [0.5, 0.6) is 11.5 Å². The molecule has 0 heterocycles. The van der Waals surface area contributed by atoms with Gasteiger partial charge in [-0.15, -0.1) is 0 Å². The van der Waals surface area contributed by atoms with E-state index in [0.717, 1.165) is 3.57 Å². The molecule has 0 spiro atoms. The highest BCUT2D eigenvalue weighted by Gasteiger charge is 2.10. The third-order valence-corrected chi connectivity index (χ3v) is 3.96. The van der Waals surface area contributed by atoms with Gasteiger partial charge in [-0.3, -0.25) is 4.79 Å². The number of phenols is 2. The lowest BCUT2D eigenvalue weighted by Gasteiger charge is -2.08. The van der Waals surface area contributed by atoms with E-state index in [1.54, 1.807) is 26.0 Å². The van der Waals surface area contributed by atoms with E-state index >= 15 is 0 Å². The fourth-order valence-electron chi connectivity index (χ4n) is 1.89. The van der Waals surface area contributed by atoms with Crippen LogP contribution >= 0.6 is 22.6 Å². The van der Waals surface area contributed by atoms with Gasteiger partial charge in [-0.2, -0.15) is 5.10 Å². The molecule has 2 aromatic rings. The first kappa shape index (κ1) is 16.3. The van der Waals surface area contributed by atoms with E-state index in [1.807, 2.05) is 12.1 Å². The smallest absolute Gasteiger partial charge is 0.271 e. The molecule has 0 saturated carbocycles. The van der Waals surface area contributed by atoms with E-state index in [4.69, 9.17) is 0 Å². The van der Waals surface area contributed by atoms with Crippen LogP contribution in [0.25, 0.3) is 0 Å². The Balaban J connectivity index is 2.15. The molecule has 0 aromatic heterocycles. The summed E-state index contributed by atoms with van der Waals surface area (Å²) in [5.41, 5.74) is 4.40. The molecule has 3 N–H and O–H groups in total. The summed E-state index contributed by atoms with van der Waals surface area (Å²) in [6.07, 6.45) is 1.36. The average Bonchev–Trinajstić information content (AvgIpc) is 2.49. The number of hydrogen-bond acceptors (Lipinski definition) is 4. The molecule has 1 amide bonds. The second kappa shape index (κ2) is 6.78. The number of carbonyl (C=O) groups excluding carboxylic acids is 1. The van der Waals surface area contributed by atoms with E-state index in [9.17, 15) is 15.0 Å². The Kier molecular flexibility index (Phi) is 5.02. The first-order chi connectivity index (χ1) is 10.4. The van der Waals surface area contributed by atoms with Gasteiger partial charge < -0.3 is 10.2 Å². The summed E-state index contributed by atoms with van der Waals surface area (Å²) < 4.78 is 1.04. The van der Waals surface area contributed by atoms with Crippen molar-refractivity contribution in [3.05, 3.63) is 56.2 Å². The summed E-state index contributed by atoms with van der Waals surface area (Å²) in [7, 11) is 0. The van der Waals surface area contributed by atoms with Gasteiger partial charge in [0.15, 0.2) is 0 Å². The standard InChI is InChI=1S/C16H15IN2O3/c1-9-7-14(20)10(2)15(21)13(9)8-18-19-16(22)11-3-5-12(17)6-4-11/h3-8,20-21H,1-2H3,(H,19,22)/b18-8-. The number of phenolic OH excluding ortho intramolecular Hbond substituents is 2. The highest BCUT2D eigenvalue weighted by Crippen LogP contribution is 2.31. The molecule has 2 aromatic carbocycles. The Hall–Kier alpha value is -2.09. The highest BCUT2D eigenvalue weighted by atomic mass is 127. The lowest BCUT2D eigenvalue weighted by molar-refractivity contribution is 0.0955. The molecule has 5 nitrogen and oxygen atoms in total. The minimum atomic E-state index is -0.333. The van der Waals surface area contributed by atoms with Crippen LogP contribution in [0, 0.1) is 17.4 Å². The van der Waals surface area contributed by atoms with E-state index in [2.05, 4.69) is 33.1 Å². The van der Waals surface area contributed by atoms with Gasteiger partial charge in [0, 0.05) is 20.3 Å². The van der Waals surface area contributed by atoms with Crippen LogP contribution in [0.3, 0.4) is 0 Å². The van der Waals surface area contributed by atoms with E-state index in [1.165, 1.54) is 12.3 Å². The Labute approximate surface area is 141 Å². The van der Waals surface area contributed by atoms with Gasteiger partial charge in [0.25, 0.3) is 5.91 Å².